The van der Waals surface area contributed by atoms with Crippen molar-refractivity contribution in [2.45, 2.75) is 32.7 Å². The van der Waals surface area contributed by atoms with Crippen molar-refractivity contribution in [2.24, 2.45) is 5.92 Å². The predicted molar refractivity (Wildman–Crippen MR) is 93.9 cm³/mol. The molecule has 7 heteroatoms. The molecule has 1 aliphatic rings. The zero-order valence-electron chi connectivity index (χ0n) is 12.8. The Kier molecular flexibility index (Phi) is 9.41. The molecule has 22 heavy (non-hydrogen) atoms. The van der Waals surface area contributed by atoms with Crippen molar-refractivity contribution in [1.82, 2.24) is 5.32 Å². The third-order valence-corrected chi connectivity index (χ3v) is 3.39. The van der Waals surface area contributed by atoms with Gasteiger partial charge in [-0.3, -0.25) is 4.79 Å². The normalized spacial score (nSPS) is 14.7. The molecule has 2 rings (SSSR count). The van der Waals surface area contributed by atoms with Crippen LogP contribution in [0.2, 0.25) is 0 Å². The summed E-state index contributed by atoms with van der Waals surface area (Å²) < 4.78 is 13.4. The summed E-state index contributed by atoms with van der Waals surface area (Å²) in [7, 11) is 0. The number of hydrogen-bond acceptors (Lipinski definition) is 3. The quantitative estimate of drug-likeness (QED) is 0.778. The lowest BCUT2D eigenvalue weighted by Crippen LogP contribution is -2.34. The van der Waals surface area contributed by atoms with Crippen LogP contribution in [0, 0.1) is 11.7 Å². The van der Waals surface area contributed by atoms with E-state index in [1.807, 2.05) is 13.8 Å². The molecule has 0 atom stereocenters. The number of carbonyl (C=O) groups is 1. The molecule has 0 radical (unpaired) electrons. The maximum absolute atomic E-state index is 13.4. The molecule has 1 aromatic carbocycles. The van der Waals surface area contributed by atoms with Gasteiger partial charge in [-0.25, -0.2) is 4.39 Å². The monoisotopic (exact) mass is 351 g/mol. The number of halogens is 3. The van der Waals surface area contributed by atoms with E-state index in [-0.39, 0.29) is 48.5 Å². The van der Waals surface area contributed by atoms with Gasteiger partial charge in [-0.2, -0.15) is 0 Å². The summed E-state index contributed by atoms with van der Waals surface area (Å²) in [5.41, 5.74) is 1.27. The molecular formula is C15H24Cl2FN3O. The van der Waals surface area contributed by atoms with Gasteiger partial charge in [-0.15, -0.1) is 24.8 Å². The molecule has 0 aliphatic carbocycles. The number of amides is 1. The second kappa shape index (κ2) is 9.87. The van der Waals surface area contributed by atoms with E-state index in [1.165, 1.54) is 12.1 Å². The van der Waals surface area contributed by atoms with Crippen LogP contribution in [-0.2, 0) is 4.79 Å². The molecule has 1 aliphatic heterocycles. The van der Waals surface area contributed by atoms with Crippen molar-refractivity contribution in [2.75, 3.05) is 23.7 Å². The number of rotatable bonds is 4. The van der Waals surface area contributed by atoms with Crippen molar-refractivity contribution in [3.63, 3.8) is 0 Å². The fourth-order valence-corrected chi connectivity index (χ4v) is 2.38. The van der Waals surface area contributed by atoms with Gasteiger partial charge in [0.2, 0.25) is 5.91 Å². The van der Waals surface area contributed by atoms with Crippen LogP contribution < -0.4 is 16.0 Å². The first-order valence-corrected chi connectivity index (χ1v) is 7.14. The molecule has 4 nitrogen and oxygen atoms in total. The SMILES string of the molecule is CC(C)Nc1ccc(F)cc1NC(=O)C1CCNCC1.Cl.Cl. The van der Waals surface area contributed by atoms with E-state index >= 15 is 0 Å². The average molecular weight is 352 g/mol. The molecule has 0 spiro atoms. The third-order valence-electron chi connectivity index (χ3n) is 3.39. The second-order valence-electron chi connectivity index (χ2n) is 5.50. The van der Waals surface area contributed by atoms with Crippen molar-refractivity contribution in [3.05, 3.63) is 24.0 Å². The summed E-state index contributed by atoms with van der Waals surface area (Å²) in [6.45, 7) is 5.72. The van der Waals surface area contributed by atoms with Crippen LogP contribution in [0.1, 0.15) is 26.7 Å². The van der Waals surface area contributed by atoms with Crippen LogP contribution in [0.3, 0.4) is 0 Å². The molecule has 1 heterocycles. The summed E-state index contributed by atoms with van der Waals surface area (Å²) in [5.74, 6) is -0.366. The van der Waals surface area contributed by atoms with Gasteiger partial charge in [-0.05, 0) is 58.0 Å². The molecule has 0 saturated carbocycles. The molecule has 1 fully saturated rings. The minimum atomic E-state index is -0.347. The van der Waals surface area contributed by atoms with Gasteiger partial charge < -0.3 is 16.0 Å². The molecule has 3 N–H and O–H groups in total. The lowest BCUT2D eigenvalue weighted by Gasteiger charge is -2.23. The van der Waals surface area contributed by atoms with Gasteiger partial charge >= 0.3 is 0 Å². The fourth-order valence-electron chi connectivity index (χ4n) is 2.38. The largest absolute Gasteiger partial charge is 0.381 e. The Bertz CT molecular complexity index is 480. The Balaban J connectivity index is 0.00000220. The first kappa shape index (κ1) is 21.0. The third kappa shape index (κ3) is 5.99. The summed E-state index contributed by atoms with van der Waals surface area (Å²) >= 11 is 0. The Morgan fingerprint density at radius 2 is 1.86 bits per heavy atom. The highest BCUT2D eigenvalue weighted by Crippen LogP contribution is 2.25. The number of hydrogen-bond donors (Lipinski definition) is 3. The Hall–Kier alpha value is -1.04. The molecule has 126 valence electrons. The highest BCUT2D eigenvalue weighted by Gasteiger charge is 2.21. The Morgan fingerprint density at radius 1 is 1.23 bits per heavy atom. The molecule has 0 unspecified atom stereocenters. The Labute approximate surface area is 143 Å². The Morgan fingerprint density at radius 3 is 2.45 bits per heavy atom. The van der Waals surface area contributed by atoms with Gasteiger partial charge in [0, 0.05) is 12.0 Å². The van der Waals surface area contributed by atoms with Crippen LogP contribution >= 0.6 is 24.8 Å². The predicted octanol–water partition coefficient (Wildman–Crippen LogP) is 3.43. The lowest BCUT2D eigenvalue weighted by atomic mass is 9.97. The average Bonchev–Trinajstić information content (AvgIpc) is 2.42. The lowest BCUT2D eigenvalue weighted by molar-refractivity contribution is -0.120. The summed E-state index contributed by atoms with van der Waals surface area (Å²) in [4.78, 5) is 12.2. The first-order chi connectivity index (χ1) is 9.56. The maximum atomic E-state index is 13.4. The smallest absolute Gasteiger partial charge is 0.227 e. The molecular weight excluding hydrogens is 328 g/mol. The van der Waals surface area contributed by atoms with E-state index in [4.69, 9.17) is 0 Å². The summed E-state index contributed by atoms with van der Waals surface area (Å²) in [6, 6.07) is 4.64. The molecule has 0 aromatic heterocycles. The van der Waals surface area contributed by atoms with Gasteiger partial charge in [0.25, 0.3) is 0 Å². The highest BCUT2D eigenvalue weighted by atomic mass is 35.5. The second-order valence-corrected chi connectivity index (χ2v) is 5.50. The minimum Gasteiger partial charge on any atom is -0.381 e. The topological polar surface area (TPSA) is 53.2 Å². The van der Waals surface area contributed by atoms with E-state index < -0.39 is 0 Å². The molecule has 1 amide bonds. The van der Waals surface area contributed by atoms with Crippen molar-refractivity contribution >= 4 is 42.1 Å². The molecule has 1 aromatic rings. The van der Waals surface area contributed by atoms with Gasteiger partial charge in [-0.1, -0.05) is 0 Å². The van der Waals surface area contributed by atoms with Crippen molar-refractivity contribution in [1.29, 1.82) is 0 Å². The van der Waals surface area contributed by atoms with Crippen LogP contribution in [0.15, 0.2) is 18.2 Å². The highest BCUT2D eigenvalue weighted by molar-refractivity contribution is 5.95. The van der Waals surface area contributed by atoms with Gasteiger partial charge in [0.05, 0.1) is 11.4 Å². The van der Waals surface area contributed by atoms with Crippen LogP contribution in [0.4, 0.5) is 15.8 Å². The fraction of sp³-hybridized carbons (Fsp3) is 0.533. The van der Waals surface area contributed by atoms with Gasteiger partial charge in [0.15, 0.2) is 0 Å². The van der Waals surface area contributed by atoms with E-state index in [0.29, 0.717) is 5.69 Å². The standard InChI is InChI=1S/C15H22FN3O.2ClH/c1-10(2)18-13-4-3-12(16)9-14(13)19-15(20)11-5-7-17-8-6-11;;/h3-4,9-11,17-18H,5-8H2,1-2H3,(H,19,20);2*1H. The zero-order chi connectivity index (χ0) is 14.5. The number of piperidine rings is 1. The van der Waals surface area contributed by atoms with Gasteiger partial charge in [0.1, 0.15) is 5.82 Å². The zero-order valence-corrected chi connectivity index (χ0v) is 14.5. The number of anilines is 2. The maximum Gasteiger partial charge on any atom is 0.227 e. The van der Waals surface area contributed by atoms with E-state index in [1.54, 1.807) is 6.07 Å². The number of benzene rings is 1. The van der Waals surface area contributed by atoms with Crippen molar-refractivity contribution < 1.29 is 9.18 Å². The van der Waals surface area contributed by atoms with Crippen LogP contribution in [0.5, 0.6) is 0 Å². The minimum absolute atomic E-state index is 0. The van der Waals surface area contributed by atoms with Crippen LogP contribution in [0.25, 0.3) is 0 Å². The summed E-state index contributed by atoms with van der Waals surface area (Å²) in [6.07, 6.45) is 1.65. The number of nitrogens with one attached hydrogen (secondary N) is 3. The van der Waals surface area contributed by atoms with E-state index in [2.05, 4.69) is 16.0 Å². The van der Waals surface area contributed by atoms with Crippen LogP contribution in [-0.4, -0.2) is 25.0 Å². The van der Waals surface area contributed by atoms with E-state index in [9.17, 15) is 9.18 Å². The van der Waals surface area contributed by atoms with E-state index in [0.717, 1.165) is 31.6 Å². The molecule has 1 saturated heterocycles. The first-order valence-electron chi connectivity index (χ1n) is 7.14. The summed E-state index contributed by atoms with van der Waals surface area (Å²) in [5, 5.41) is 9.30. The molecule has 0 bridgehead atoms. The number of carbonyl (C=O) groups excluding carboxylic acids is 1. The van der Waals surface area contributed by atoms with Crippen molar-refractivity contribution in [3.8, 4) is 0 Å².